The molecule has 0 aromatic heterocycles. The maximum atomic E-state index is 11.7. The topological polar surface area (TPSA) is 35.5 Å². The van der Waals surface area contributed by atoms with Crippen LogP contribution in [0, 0.1) is 0 Å². The zero-order valence-electron chi connectivity index (χ0n) is 9.86. The normalized spacial score (nSPS) is 10.1. The minimum atomic E-state index is 0.110. The average molecular weight is 222 g/mol. The number of hydrogen-bond donors (Lipinski definition) is 0. The van der Waals surface area contributed by atoms with Gasteiger partial charge in [-0.1, -0.05) is 6.92 Å². The van der Waals surface area contributed by atoms with E-state index >= 15 is 0 Å². The number of rotatable bonds is 7. The second-order valence-electron chi connectivity index (χ2n) is 3.51. The van der Waals surface area contributed by atoms with E-state index in [0.29, 0.717) is 18.6 Å². The van der Waals surface area contributed by atoms with Crippen LogP contribution < -0.4 is 4.74 Å². The fourth-order valence-electron chi connectivity index (χ4n) is 1.33. The molecule has 3 heteroatoms. The molecule has 0 radical (unpaired) electrons. The van der Waals surface area contributed by atoms with Gasteiger partial charge in [0, 0.05) is 18.6 Å². The zero-order chi connectivity index (χ0) is 11.8. The lowest BCUT2D eigenvalue weighted by Gasteiger charge is -2.03. The minimum absolute atomic E-state index is 0.110. The van der Waals surface area contributed by atoms with E-state index in [1.54, 1.807) is 31.4 Å². The van der Waals surface area contributed by atoms with Crippen LogP contribution in [0.5, 0.6) is 5.75 Å². The molecule has 0 atom stereocenters. The van der Waals surface area contributed by atoms with Crippen LogP contribution >= 0.6 is 0 Å². The highest BCUT2D eigenvalue weighted by Crippen LogP contribution is 2.12. The summed E-state index contributed by atoms with van der Waals surface area (Å²) < 4.78 is 10.3. The van der Waals surface area contributed by atoms with Crippen molar-refractivity contribution < 1.29 is 14.3 Å². The molecule has 16 heavy (non-hydrogen) atoms. The Morgan fingerprint density at radius 1 is 1.19 bits per heavy atom. The molecule has 0 saturated carbocycles. The minimum Gasteiger partial charge on any atom is -0.497 e. The van der Waals surface area contributed by atoms with E-state index in [9.17, 15) is 4.79 Å². The molecule has 1 rings (SSSR count). The Labute approximate surface area is 96.4 Å². The van der Waals surface area contributed by atoms with Crippen molar-refractivity contribution >= 4 is 5.78 Å². The van der Waals surface area contributed by atoms with Crippen molar-refractivity contribution in [3.63, 3.8) is 0 Å². The van der Waals surface area contributed by atoms with Crippen molar-refractivity contribution in [1.29, 1.82) is 0 Å². The van der Waals surface area contributed by atoms with E-state index in [4.69, 9.17) is 9.47 Å². The maximum Gasteiger partial charge on any atom is 0.165 e. The van der Waals surface area contributed by atoms with Crippen LogP contribution in [0.4, 0.5) is 0 Å². The summed E-state index contributed by atoms with van der Waals surface area (Å²) in [5.41, 5.74) is 0.709. The van der Waals surface area contributed by atoms with E-state index in [-0.39, 0.29) is 5.78 Å². The lowest BCUT2D eigenvalue weighted by Crippen LogP contribution is -2.05. The van der Waals surface area contributed by atoms with Gasteiger partial charge in [-0.05, 0) is 30.7 Å². The van der Waals surface area contributed by atoms with Gasteiger partial charge in [0.05, 0.1) is 13.7 Å². The lowest BCUT2D eigenvalue weighted by atomic mass is 10.1. The Balaban J connectivity index is 2.40. The molecule has 0 aliphatic rings. The first-order valence-electron chi connectivity index (χ1n) is 5.53. The Kier molecular flexibility index (Phi) is 5.57. The smallest absolute Gasteiger partial charge is 0.165 e. The van der Waals surface area contributed by atoms with Crippen LogP contribution in [0.1, 0.15) is 30.1 Å². The number of ketones is 1. The highest BCUT2D eigenvalue weighted by atomic mass is 16.5. The van der Waals surface area contributed by atoms with Gasteiger partial charge in [-0.15, -0.1) is 0 Å². The fraction of sp³-hybridized carbons (Fsp3) is 0.462. The maximum absolute atomic E-state index is 11.7. The molecule has 0 fully saturated rings. The molecule has 1 aromatic rings. The SMILES string of the molecule is CCCOCCC(=O)c1ccc(OC)cc1. The summed E-state index contributed by atoms with van der Waals surface area (Å²) in [4.78, 5) is 11.7. The lowest BCUT2D eigenvalue weighted by molar-refractivity contribution is 0.0879. The summed E-state index contributed by atoms with van der Waals surface area (Å²) >= 11 is 0. The van der Waals surface area contributed by atoms with Gasteiger partial charge in [0.2, 0.25) is 0 Å². The van der Waals surface area contributed by atoms with Gasteiger partial charge in [0.15, 0.2) is 5.78 Å². The molecule has 0 aliphatic carbocycles. The molecule has 0 saturated heterocycles. The van der Waals surface area contributed by atoms with E-state index in [0.717, 1.165) is 18.8 Å². The fourth-order valence-corrected chi connectivity index (χ4v) is 1.33. The van der Waals surface area contributed by atoms with Crippen LogP contribution in [-0.4, -0.2) is 26.1 Å². The molecular weight excluding hydrogens is 204 g/mol. The van der Waals surface area contributed by atoms with Gasteiger partial charge in [-0.25, -0.2) is 0 Å². The van der Waals surface area contributed by atoms with E-state index in [1.807, 2.05) is 6.92 Å². The van der Waals surface area contributed by atoms with E-state index in [1.165, 1.54) is 0 Å². The van der Waals surface area contributed by atoms with Gasteiger partial charge in [0.1, 0.15) is 5.75 Å². The Hall–Kier alpha value is -1.35. The van der Waals surface area contributed by atoms with Gasteiger partial charge >= 0.3 is 0 Å². The van der Waals surface area contributed by atoms with E-state index in [2.05, 4.69) is 0 Å². The van der Waals surface area contributed by atoms with Crippen molar-refractivity contribution in [2.24, 2.45) is 0 Å². The summed E-state index contributed by atoms with van der Waals surface area (Å²) in [5, 5.41) is 0. The molecule has 1 aromatic carbocycles. The first kappa shape index (κ1) is 12.7. The number of Topliss-reactive ketones (excluding diaryl/α,β-unsaturated/α-hetero) is 1. The molecule has 0 unspecified atom stereocenters. The second kappa shape index (κ2) is 7.01. The average Bonchev–Trinajstić information content (AvgIpc) is 2.34. The zero-order valence-corrected chi connectivity index (χ0v) is 9.86. The molecule has 0 heterocycles. The molecule has 88 valence electrons. The van der Waals surface area contributed by atoms with Gasteiger partial charge in [-0.3, -0.25) is 4.79 Å². The van der Waals surface area contributed by atoms with Crippen LogP contribution in [0.3, 0.4) is 0 Å². The molecule has 0 aliphatic heterocycles. The number of benzene rings is 1. The number of carbonyl (C=O) groups is 1. The Bertz CT molecular complexity index is 316. The third kappa shape index (κ3) is 4.03. The second-order valence-corrected chi connectivity index (χ2v) is 3.51. The first-order chi connectivity index (χ1) is 7.77. The Morgan fingerprint density at radius 3 is 2.44 bits per heavy atom. The highest BCUT2D eigenvalue weighted by molar-refractivity contribution is 5.96. The van der Waals surface area contributed by atoms with Crippen molar-refractivity contribution in [2.45, 2.75) is 19.8 Å². The largest absolute Gasteiger partial charge is 0.497 e. The van der Waals surface area contributed by atoms with Crippen LogP contribution in [0.15, 0.2) is 24.3 Å². The van der Waals surface area contributed by atoms with Gasteiger partial charge < -0.3 is 9.47 Å². The third-order valence-corrected chi connectivity index (χ3v) is 2.23. The summed E-state index contributed by atoms with van der Waals surface area (Å²) in [6.07, 6.45) is 1.42. The molecule has 0 spiro atoms. The molecule has 0 amide bonds. The standard InChI is InChI=1S/C13H18O3/c1-3-9-16-10-8-13(14)11-4-6-12(15-2)7-5-11/h4-7H,3,8-10H2,1-2H3. The number of carbonyl (C=O) groups excluding carboxylic acids is 1. The van der Waals surface area contributed by atoms with Crippen LogP contribution in [0.25, 0.3) is 0 Å². The van der Waals surface area contributed by atoms with Crippen molar-refractivity contribution in [3.8, 4) is 5.75 Å². The predicted molar refractivity (Wildman–Crippen MR) is 63.1 cm³/mol. The Morgan fingerprint density at radius 2 is 1.88 bits per heavy atom. The number of hydrogen-bond acceptors (Lipinski definition) is 3. The summed E-state index contributed by atoms with van der Waals surface area (Å²) in [6.45, 7) is 3.26. The summed E-state index contributed by atoms with van der Waals surface area (Å²) in [6, 6.07) is 7.14. The highest BCUT2D eigenvalue weighted by Gasteiger charge is 2.05. The first-order valence-corrected chi connectivity index (χ1v) is 5.53. The van der Waals surface area contributed by atoms with Gasteiger partial charge in [0.25, 0.3) is 0 Å². The van der Waals surface area contributed by atoms with Crippen LogP contribution in [0.2, 0.25) is 0 Å². The van der Waals surface area contributed by atoms with E-state index < -0.39 is 0 Å². The van der Waals surface area contributed by atoms with Crippen molar-refractivity contribution in [1.82, 2.24) is 0 Å². The van der Waals surface area contributed by atoms with Gasteiger partial charge in [-0.2, -0.15) is 0 Å². The quantitative estimate of drug-likeness (QED) is 0.525. The van der Waals surface area contributed by atoms with Crippen molar-refractivity contribution in [3.05, 3.63) is 29.8 Å². The number of ether oxygens (including phenoxy) is 2. The molecule has 0 N–H and O–H groups in total. The van der Waals surface area contributed by atoms with Crippen LogP contribution in [-0.2, 0) is 4.74 Å². The molecular formula is C13H18O3. The molecule has 0 bridgehead atoms. The van der Waals surface area contributed by atoms with Crippen molar-refractivity contribution in [2.75, 3.05) is 20.3 Å². The third-order valence-electron chi connectivity index (χ3n) is 2.23. The number of methoxy groups -OCH3 is 1. The predicted octanol–water partition coefficient (Wildman–Crippen LogP) is 2.69. The monoisotopic (exact) mass is 222 g/mol. The molecule has 3 nitrogen and oxygen atoms in total. The summed E-state index contributed by atoms with van der Waals surface area (Å²) in [7, 11) is 1.61. The summed E-state index contributed by atoms with van der Waals surface area (Å²) in [5.74, 6) is 0.873.